The van der Waals surface area contributed by atoms with Crippen LogP contribution in [0.25, 0.3) is 0 Å². The Labute approximate surface area is 60.3 Å². The second-order valence-electron chi connectivity index (χ2n) is 1.51. The van der Waals surface area contributed by atoms with Gasteiger partial charge in [0.2, 0.25) is 0 Å². The van der Waals surface area contributed by atoms with Gasteiger partial charge in [-0.15, -0.1) is 19.2 Å². The SMILES string of the molecule is C=CCOCCC(=O)S. The molecule has 0 aliphatic heterocycles. The highest BCUT2D eigenvalue weighted by atomic mass is 32.1. The van der Waals surface area contributed by atoms with Crippen molar-refractivity contribution in [3.63, 3.8) is 0 Å². The minimum Gasteiger partial charge on any atom is -0.377 e. The van der Waals surface area contributed by atoms with Crippen molar-refractivity contribution >= 4 is 17.7 Å². The van der Waals surface area contributed by atoms with Crippen LogP contribution in [-0.2, 0) is 9.53 Å². The van der Waals surface area contributed by atoms with Crippen molar-refractivity contribution in [2.75, 3.05) is 13.2 Å². The van der Waals surface area contributed by atoms with Crippen LogP contribution in [-0.4, -0.2) is 18.3 Å². The van der Waals surface area contributed by atoms with Gasteiger partial charge in [-0.2, -0.15) is 0 Å². The zero-order chi connectivity index (χ0) is 7.11. The van der Waals surface area contributed by atoms with Gasteiger partial charge >= 0.3 is 0 Å². The molecule has 0 aliphatic rings. The standard InChI is InChI=1S/C6H10O2S/c1-2-4-8-5-3-6(7)9/h2H,1,3-5H2,(H,7,9). The van der Waals surface area contributed by atoms with E-state index in [-0.39, 0.29) is 5.12 Å². The highest BCUT2D eigenvalue weighted by Crippen LogP contribution is 1.87. The van der Waals surface area contributed by atoms with Crippen molar-refractivity contribution in [1.29, 1.82) is 0 Å². The number of ether oxygens (including phenoxy) is 1. The largest absolute Gasteiger partial charge is 0.377 e. The molecule has 0 amide bonds. The third-order valence-corrected chi connectivity index (χ3v) is 0.920. The first kappa shape index (κ1) is 8.72. The normalized spacial score (nSPS) is 9.00. The number of carbonyl (C=O) groups is 1. The summed E-state index contributed by atoms with van der Waals surface area (Å²) in [6, 6.07) is 0. The highest BCUT2D eigenvalue weighted by molar-refractivity contribution is 7.96. The molecule has 0 fully saturated rings. The molecule has 0 atom stereocenters. The van der Waals surface area contributed by atoms with E-state index in [1.165, 1.54) is 0 Å². The molecule has 0 aromatic heterocycles. The summed E-state index contributed by atoms with van der Waals surface area (Å²) in [4.78, 5) is 10.2. The minimum absolute atomic E-state index is 0.140. The molecule has 0 aromatic rings. The van der Waals surface area contributed by atoms with Crippen LogP contribution >= 0.6 is 12.6 Å². The molecule has 0 heterocycles. The third kappa shape index (κ3) is 7.72. The van der Waals surface area contributed by atoms with Crippen molar-refractivity contribution in [3.8, 4) is 0 Å². The maximum atomic E-state index is 10.2. The highest BCUT2D eigenvalue weighted by Gasteiger charge is 1.91. The van der Waals surface area contributed by atoms with Crippen molar-refractivity contribution in [3.05, 3.63) is 12.7 Å². The zero-order valence-electron chi connectivity index (χ0n) is 5.17. The Bertz CT molecular complexity index is 101. The molecule has 0 spiro atoms. The summed E-state index contributed by atoms with van der Waals surface area (Å²) in [7, 11) is 0. The molecular formula is C6H10O2S. The molecule has 0 aromatic carbocycles. The first-order chi connectivity index (χ1) is 4.27. The van der Waals surface area contributed by atoms with Crippen LogP contribution in [0.15, 0.2) is 12.7 Å². The van der Waals surface area contributed by atoms with E-state index in [2.05, 4.69) is 19.2 Å². The molecule has 3 heteroatoms. The van der Waals surface area contributed by atoms with E-state index in [4.69, 9.17) is 4.74 Å². The molecule has 0 unspecified atom stereocenters. The van der Waals surface area contributed by atoms with Gasteiger partial charge in [0.05, 0.1) is 13.2 Å². The van der Waals surface area contributed by atoms with Gasteiger partial charge in [0.25, 0.3) is 0 Å². The van der Waals surface area contributed by atoms with Gasteiger partial charge in [-0.3, -0.25) is 4.79 Å². The minimum atomic E-state index is -0.140. The molecule has 2 nitrogen and oxygen atoms in total. The molecule has 0 rings (SSSR count). The van der Waals surface area contributed by atoms with Crippen molar-refractivity contribution < 1.29 is 9.53 Å². The van der Waals surface area contributed by atoms with Crippen LogP contribution in [0.2, 0.25) is 0 Å². The van der Waals surface area contributed by atoms with Crippen LogP contribution in [0.4, 0.5) is 0 Å². The molecule has 52 valence electrons. The first-order valence-corrected chi connectivity index (χ1v) is 3.12. The second-order valence-corrected chi connectivity index (χ2v) is 2.01. The molecular weight excluding hydrogens is 136 g/mol. The summed E-state index contributed by atoms with van der Waals surface area (Å²) in [5, 5.41) is -0.140. The van der Waals surface area contributed by atoms with Crippen molar-refractivity contribution in [2.45, 2.75) is 6.42 Å². The van der Waals surface area contributed by atoms with Crippen molar-refractivity contribution in [1.82, 2.24) is 0 Å². The quantitative estimate of drug-likeness (QED) is 0.356. The Balaban J connectivity index is 2.91. The Morgan fingerprint density at radius 1 is 1.78 bits per heavy atom. The lowest BCUT2D eigenvalue weighted by Gasteiger charge is -1.95. The smallest absolute Gasteiger partial charge is 0.188 e. The third-order valence-electron chi connectivity index (χ3n) is 0.696. The fraction of sp³-hybridized carbons (Fsp3) is 0.500. The number of hydrogen-bond acceptors (Lipinski definition) is 2. The van der Waals surface area contributed by atoms with Gasteiger partial charge in [0.15, 0.2) is 5.12 Å². The predicted molar refractivity (Wildman–Crippen MR) is 39.6 cm³/mol. The number of thiol groups is 1. The lowest BCUT2D eigenvalue weighted by atomic mass is 10.5. The molecule has 0 radical (unpaired) electrons. The maximum absolute atomic E-state index is 10.2. The van der Waals surface area contributed by atoms with Gasteiger partial charge < -0.3 is 4.74 Å². The monoisotopic (exact) mass is 146 g/mol. The average Bonchev–Trinajstić information content (AvgIpc) is 1.80. The summed E-state index contributed by atoms with van der Waals surface area (Å²) in [5.41, 5.74) is 0. The lowest BCUT2D eigenvalue weighted by molar-refractivity contribution is -0.111. The van der Waals surface area contributed by atoms with E-state index in [0.29, 0.717) is 19.6 Å². The maximum Gasteiger partial charge on any atom is 0.188 e. The topological polar surface area (TPSA) is 26.3 Å². The Morgan fingerprint density at radius 3 is 2.89 bits per heavy atom. The Kier molecular flexibility index (Phi) is 5.67. The van der Waals surface area contributed by atoms with Crippen LogP contribution in [0.5, 0.6) is 0 Å². The van der Waals surface area contributed by atoms with E-state index < -0.39 is 0 Å². The van der Waals surface area contributed by atoms with Gasteiger partial charge in [0.1, 0.15) is 0 Å². The summed E-state index contributed by atoms with van der Waals surface area (Å²) in [5.74, 6) is 0. The Morgan fingerprint density at radius 2 is 2.44 bits per heavy atom. The van der Waals surface area contributed by atoms with Gasteiger partial charge in [-0.1, -0.05) is 6.08 Å². The summed E-state index contributed by atoms with van der Waals surface area (Å²) in [6.45, 7) is 4.39. The summed E-state index contributed by atoms with van der Waals surface area (Å²) >= 11 is 3.56. The Hall–Kier alpha value is -0.280. The summed E-state index contributed by atoms with van der Waals surface area (Å²) in [6.07, 6.45) is 2.01. The molecule has 0 saturated carbocycles. The fourth-order valence-electron chi connectivity index (χ4n) is 0.326. The van der Waals surface area contributed by atoms with E-state index in [0.717, 1.165) is 0 Å². The molecule has 0 bridgehead atoms. The molecule has 0 saturated heterocycles. The number of hydrogen-bond donors (Lipinski definition) is 1. The van der Waals surface area contributed by atoms with Crippen LogP contribution in [0.1, 0.15) is 6.42 Å². The molecule has 0 aliphatic carbocycles. The van der Waals surface area contributed by atoms with Crippen LogP contribution < -0.4 is 0 Å². The average molecular weight is 146 g/mol. The van der Waals surface area contributed by atoms with E-state index >= 15 is 0 Å². The van der Waals surface area contributed by atoms with Crippen LogP contribution in [0.3, 0.4) is 0 Å². The first-order valence-electron chi connectivity index (χ1n) is 2.68. The lowest BCUT2D eigenvalue weighted by Crippen LogP contribution is -1.97. The predicted octanol–water partition coefficient (Wildman–Crippen LogP) is 1.04. The van der Waals surface area contributed by atoms with E-state index in [1.54, 1.807) is 6.08 Å². The number of rotatable bonds is 5. The van der Waals surface area contributed by atoms with E-state index in [1.807, 2.05) is 0 Å². The van der Waals surface area contributed by atoms with E-state index in [9.17, 15) is 4.79 Å². The van der Waals surface area contributed by atoms with Crippen LogP contribution in [0, 0.1) is 0 Å². The number of carbonyl (C=O) groups excluding carboxylic acids is 1. The second kappa shape index (κ2) is 5.85. The molecule has 9 heavy (non-hydrogen) atoms. The molecule has 0 N–H and O–H groups in total. The fourth-order valence-corrected chi connectivity index (χ4v) is 0.417. The summed E-state index contributed by atoms with van der Waals surface area (Å²) < 4.78 is 4.91. The van der Waals surface area contributed by atoms with Gasteiger partial charge in [-0.25, -0.2) is 0 Å². The zero-order valence-corrected chi connectivity index (χ0v) is 6.06. The van der Waals surface area contributed by atoms with Gasteiger partial charge in [-0.05, 0) is 0 Å². The van der Waals surface area contributed by atoms with Gasteiger partial charge in [0, 0.05) is 6.42 Å². The van der Waals surface area contributed by atoms with Crippen molar-refractivity contribution in [2.24, 2.45) is 0 Å².